The second-order valence-corrected chi connectivity index (χ2v) is 3.31. The minimum atomic E-state index is -0.710. The highest BCUT2D eigenvalue weighted by atomic mass is 19.1. The van der Waals surface area contributed by atoms with E-state index in [2.05, 4.69) is 0 Å². The van der Waals surface area contributed by atoms with Gasteiger partial charge < -0.3 is 4.74 Å². The molecule has 0 atom stereocenters. The summed E-state index contributed by atoms with van der Waals surface area (Å²) in [6.07, 6.45) is 0.458. The van der Waals surface area contributed by atoms with Gasteiger partial charge in [-0.2, -0.15) is 0 Å². The number of ether oxygens (including phenoxy) is 1. The van der Waals surface area contributed by atoms with Crippen molar-refractivity contribution in [1.82, 2.24) is 0 Å². The Hall–Kier alpha value is -2.23. The number of hydrogen-bond acceptors (Lipinski definition) is 2. The van der Waals surface area contributed by atoms with E-state index >= 15 is 0 Å². The van der Waals surface area contributed by atoms with Crippen molar-refractivity contribution in [2.75, 3.05) is 0 Å². The molecular formula is C13H8F2O2. The van der Waals surface area contributed by atoms with Crippen molar-refractivity contribution >= 4 is 6.29 Å². The van der Waals surface area contributed by atoms with Crippen LogP contribution in [0.3, 0.4) is 0 Å². The molecule has 2 aromatic carbocycles. The first-order chi connectivity index (χ1) is 8.22. The monoisotopic (exact) mass is 234 g/mol. The van der Waals surface area contributed by atoms with Crippen LogP contribution in [0.2, 0.25) is 0 Å². The van der Waals surface area contributed by atoms with Crippen molar-refractivity contribution < 1.29 is 18.3 Å². The topological polar surface area (TPSA) is 26.3 Å². The average Bonchev–Trinajstić information content (AvgIpc) is 2.34. The van der Waals surface area contributed by atoms with E-state index in [1.807, 2.05) is 0 Å². The number of benzene rings is 2. The first-order valence-corrected chi connectivity index (χ1v) is 4.88. The third kappa shape index (κ3) is 2.30. The Labute approximate surface area is 96.5 Å². The molecule has 0 heterocycles. The van der Waals surface area contributed by atoms with E-state index in [9.17, 15) is 13.6 Å². The molecule has 0 aromatic heterocycles. The van der Waals surface area contributed by atoms with Crippen LogP contribution in [0.15, 0.2) is 42.5 Å². The van der Waals surface area contributed by atoms with Crippen molar-refractivity contribution in [2.24, 2.45) is 0 Å². The molecule has 0 N–H and O–H groups in total. The predicted molar refractivity (Wildman–Crippen MR) is 58.3 cm³/mol. The van der Waals surface area contributed by atoms with Gasteiger partial charge in [0.2, 0.25) is 0 Å². The lowest BCUT2D eigenvalue weighted by Gasteiger charge is -2.09. The van der Waals surface area contributed by atoms with Crippen molar-refractivity contribution in [3.8, 4) is 11.5 Å². The van der Waals surface area contributed by atoms with Gasteiger partial charge in [-0.3, -0.25) is 4.79 Å². The van der Waals surface area contributed by atoms with Crippen molar-refractivity contribution in [1.29, 1.82) is 0 Å². The summed E-state index contributed by atoms with van der Waals surface area (Å²) in [6.45, 7) is 0. The summed E-state index contributed by atoms with van der Waals surface area (Å²) in [4.78, 5) is 10.7. The van der Waals surface area contributed by atoms with E-state index in [1.165, 1.54) is 30.3 Å². The van der Waals surface area contributed by atoms with Gasteiger partial charge in [-0.05, 0) is 24.3 Å². The van der Waals surface area contributed by atoms with E-state index < -0.39 is 11.6 Å². The molecule has 2 aromatic rings. The van der Waals surface area contributed by atoms with Gasteiger partial charge in [-0.1, -0.05) is 18.2 Å². The number of halogens is 2. The van der Waals surface area contributed by atoms with Gasteiger partial charge in [0, 0.05) is 0 Å². The first kappa shape index (κ1) is 11.3. The quantitative estimate of drug-likeness (QED) is 0.759. The molecule has 0 fully saturated rings. The SMILES string of the molecule is O=Cc1cccc(F)c1Oc1ccccc1F. The second-order valence-electron chi connectivity index (χ2n) is 3.31. The smallest absolute Gasteiger partial charge is 0.173 e. The summed E-state index contributed by atoms with van der Waals surface area (Å²) in [7, 11) is 0. The summed E-state index contributed by atoms with van der Waals surface area (Å²) in [5, 5.41) is 0. The molecule has 4 heteroatoms. The van der Waals surface area contributed by atoms with Gasteiger partial charge in [0.1, 0.15) is 0 Å². The van der Waals surface area contributed by atoms with Crippen LogP contribution < -0.4 is 4.74 Å². The van der Waals surface area contributed by atoms with E-state index in [0.717, 1.165) is 6.07 Å². The number of rotatable bonds is 3. The molecule has 0 aliphatic rings. The molecule has 0 aliphatic heterocycles. The van der Waals surface area contributed by atoms with Crippen LogP contribution in [-0.2, 0) is 0 Å². The van der Waals surface area contributed by atoms with E-state index in [0.29, 0.717) is 6.29 Å². The number of aldehydes is 1. The van der Waals surface area contributed by atoms with E-state index in [4.69, 9.17) is 4.74 Å². The molecule has 0 unspecified atom stereocenters. The minimum absolute atomic E-state index is 0.0354. The lowest BCUT2D eigenvalue weighted by molar-refractivity contribution is 0.112. The van der Waals surface area contributed by atoms with Gasteiger partial charge in [0.15, 0.2) is 29.4 Å². The molecule has 2 nitrogen and oxygen atoms in total. The molecule has 0 radical (unpaired) electrons. The predicted octanol–water partition coefficient (Wildman–Crippen LogP) is 3.57. The molecule has 0 bridgehead atoms. The standard InChI is InChI=1S/C13H8F2O2/c14-10-5-1-2-7-12(10)17-13-9(8-16)4-3-6-11(13)15/h1-8H. The summed E-state index contributed by atoms with van der Waals surface area (Å²) in [5.74, 6) is -1.72. The Morgan fingerprint density at radius 2 is 1.65 bits per heavy atom. The largest absolute Gasteiger partial charge is 0.450 e. The summed E-state index contributed by atoms with van der Waals surface area (Å²) < 4.78 is 31.8. The average molecular weight is 234 g/mol. The van der Waals surface area contributed by atoms with Crippen LogP contribution in [0, 0.1) is 11.6 Å². The Morgan fingerprint density at radius 1 is 0.941 bits per heavy atom. The molecule has 0 saturated carbocycles. The Balaban J connectivity index is 2.43. The van der Waals surface area contributed by atoms with E-state index in [-0.39, 0.29) is 17.1 Å². The summed E-state index contributed by atoms with van der Waals surface area (Å²) >= 11 is 0. The Bertz CT molecular complexity index is 553. The van der Waals surface area contributed by atoms with Gasteiger partial charge in [0.25, 0.3) is 0 Å². The van der Waals surface area contributed by atoms with Crippen LogP contribution in [0.1, 0.15) is 10.4 Å². The molecule has 0 saturated heterocycles. The van der Waals surface area contributed by atoms with Crippen molar-refractivity contribution in [3.05, 3.63) is 59.7 Å². The van der Waals surface area contributed by atoms with Gasteiger partial charge in [0.05, 0.1) is 5.56 Å². The summed E-state index contributed by atoms with van der Waals surface area (Å²) in [5.41, 5.74) is 0.0354. The van der Waals surface area contributed by atoms with Crippen LogP contribution in [0.5, 0.6) is 11.5 Å². The van der Waals surface area contributed by atoms with Crippen LogP contribution in [0.25, 0.3) is 0 Å². The number of carbonyl (C=O) groups is 1. The third-order valence-electron chi connectivity index (χ3n) is 2.17. The van der Waals surface area contributed by atoms with Crippen molar-refractivity contribution in [3.63, 3.8) is 0 Å². The molecule has 86 valence electrons. The molecule has 0 aliphatic carbocycles. The first-order valence-electron chi connectivity index (χ1n) is 4.88. The molecule has 17 heavy (non-hydrogen) atoms. The Kier molecular flexibility index (Phi) is 3.14. The fourth-order valence-corrected chi connectivity index (χ4v) is 1.36. The zero-order chi connectivity index (χ0) is 12.3. The van der Waals surface area contributed by atoms with Gasteiger partial charge in [-0.25, -0.2) is 8.78 Å². The highest BCUT2D eigenvalue weighted by Crippen LogP contribution is 2.28. The molecule has 0 spiro atoms. The van der Waals surface area contributed by atoms with Gasteiger partial charge >= 0.3 is 0 Å². The second kappa shape index (κ2) is 4.74. The molecular weight excluding hydrogens is 226 g/mol. The van der Waals surface area contributed by atoms with E-state index in [1.54, 1.807) is 6.07 Å². The zero-order valence-electron chi connectivity index (χ0n) is 8.69. The van der Waals surface area contributed by atoms with Crippen LogP contribution >= 0.6 is 0 Å². The highest BCUT2D eigenvalue weighted by Gasteiger charge is 2.12. The normalized spacial score (nSPS) is 10.0. The maximum absolute atomic E-state index is 13.4. The molecule has 2 rings (SSSR count). The summed E-state index contributed by atoms with van der Waals surface area (Å²) in [6, 6.07) is 9.51. The number of hydrogen-bond donors (Lipinski definition) is 0. The fourth-order valence-electron chi connectivity index (χ4n) is 1.36. The fraction of sp³-hybridized carbons (Fsp3) is 0. The Morgan fingerprint density at radius 3 is 2.35 bits per heavy atom. The third-order valence-corrected chi connectivity index (χ3v) is 2.17. The maximum Gasteiger partial charge on any atom is 0.173 e. The highest BCUT2D eigenvalue weighted by molar-refractivity contribution is 5.79. The number of para-hydroxylation sites is 2. The lowest BCUT2D eigenvalue weighted by atomic mass is 10.2. The van der Waals surface area contributed by atoms with Crippen molar-refractivity contribution in [2.45, 2.75) is 0 Å². The maximum atomic E-state index is 13.4. The lowest BCUT2D eigenvalue weighted by Crippen LogP contribution is -1.95. The molecule has 0 amide bonds. The van der Waals surface area contributed by atoms with Gasteiger partial charge in [-0.15, -0.1) is 0 Å². The minimum Gasteiger partial charge on any atom is -0.450 e. The number of carbonyl (C=O) groups excluding carboxylic acids is 1. The van der Waals surface area contributed by atoms with Crippen LogP contribution in [-0.4, -0.2) is 6.29 Å². The van der Waals surface area contributed by atoms with Crippen LogP contribution in [0.4, 0.5) is 8.78 Å². The zero-order valence-corrected chi connectivity index (χ0v) is 8.69.